The Balaban J connectivity index is 8.12. The van der Waals surface area contributed by atoms with Crippen molar-refractivity contribution in [2.75, 3.05) is 0 Å². The zero-order valence-electron chi connectivity index (χ0n) is 16.8. The molecule has 0 saturated heterocycles. The van der Waals surface area contributed by atoms with Gasteiger partial charge in [-0.05, 0) is 0 Å². The number of hydrogen-bond acceptors (Lipinski definition) is 1. The predicted octanol–water partition coefficient (Wildman–Crippen LogP) is 7.62. The molecule has 0 aromatic carbocycles. The molecule has 0 unspecified atom stereocenters. The number of aliphatic carboxylic acids is 1. The average molecular weight is 664 g/mol. The van der Waals surface area contributed by atoms with Gasteiger partial charge in [0.25, 0.3) is 0 Å². The number of hydrogen-bond donors (Lipinski definition) is 1. The smallest absolute Gasteiger partial charge is 0.460 e. The van der Waals surface area contributed by atoms with Crippen LogP contribution < -0.4 is 0 Å². The monoisotopic (exact) mass is 664 g/mol. The van der Waals surface area contributed by atoms with Crippen molar-refractivity contribution in [1.29, 1.82) is 0 Å². The van der Waals surface area contributed by atoms with Crippen LogP contribution in [0.5, 0.6) is 0 Å². The van der Waals surface area contributed by atoms with Crippen molar-refractivity contribution in [2.45, 2.75) is 71.3 Å². The van der Waals surface area contributed by atoms with E-state index in [9.17, 15) is 115 Å². The summed E-state index contributed by atoms with van der Waals surface area (Å²) in [6, 6.07) is 0. The van der Waals surface area contributed by atoms with E-state index in [1.54, 1.807) is 0 Å². The molecule has 0 aliphatic rings. The van der Waals surface area contributed by atoms with Crippen molar-refractivity contribution >= 4 is 5.97 Å². The lowest BCUT2D eigenvalue weighted by Crippen LogP contribution is -2.83. The van der Waals surface area contributed by atoms with E-state index in [0.717, 1.165) is 0 Å². The molecular weight excluding hydrogens is 663 g/mol. The van der Waals surface area contributed by atoms with Gasteiger partial charge in [0.1, 0.15) is 0 Å². The lowest BCUT2D eigenvalue weighted by molar-refractivity contribution is -0.479. The zero-order chi connectivity index (χ0) is 33.6. The molecule has 2 nitrogen and oxygen atoms in total. The Hall–Kier alpha value is -2.28. The molecule has 0 aliphatic carbocycles. The number of rotatable bonds is 10. The van der Waals surface area contributed by atoms with E-state index in [1.807, 2.05) is 0 Å². The minimum absolute atomic E-state index is 5.36. The lowest BCUT2D eigenvalue weighted by Gasteiger charge is -2.49. The van der Waals surface area contributed by atoms with Gasteiger partial charge in [0.15, 0.2) is 0 Å². The predicted molar refractivity (Wildman–Crippen MR) is 68.1 cm³/mol. The maximum atomic E-state index is 14.5. The van der Waals surface area contributed by atoms with Crippen LogP contribution in [0.1, 0.15) is 0 Å². The lowest BCUT2D eigenvalue weighted by atomic mass is 9.74. The highest BCUT2D eigenvalue weighted by Gasteiger charge is 3.02. The van der Waals surface area contributed by atoms with Crippen LogP contribution >= 0.6 is 0 Å². The SMILES string of the molecule is O=C(O)C(F)(F)C(F)(C(F)(F)C(F)(F)C(F)(F)C(F)(F)C(F)(F)F)C(F)(F)C(F)(F)C(F)(F)C(F)(F)C(F)(F)F. The Morgan fingerprint density at radius 3 is 0.650 bits per heavy atom. The summed E-state index contributed by atoms with van der Waals surface area (Å²) in [7, 11) is 0. The highest BCUT2D eigenvalue weighted by atomic mass is 19.4. The summed E-state index contributed by atoms with van der Waals surface area (Å²) in [6.07, 6.45) is -16.6. The Bertz CT molecular complexity index is 904. The van der Waals surface area contributed by atoms with Crippen molar-refractivity contribution in [1.82, 2.24) is 0 Å². The number of alkyl halides is 25. The van der Waals surface area contributed by atoms with Crippen LogP contribution in [0.2, 0.25) is 0 Å². The second-order valence-electron chi connectivity index (χ2n) is 7.13. The van der Waals surface area contributed by atoms with Crippen LogP contribution in [0, 0.1) is 0 Å². The summed E-state index contributed by atoms with van der Waals surface area (Å²) in [5.74, 6) is -89.9. The van der Waals surface area contributed by atoms with E-state index in [-0.39, 0.29) is 0 Å². The van der Waals surface area contributed by atoms with Crippen LogP contribution in [0.4, 0.5) is 110 Å². The minimum atomic E-state index is -9.98. The highest BCUT2D eigenvalue weighted by Crippen LogP contribution is 2.69. The molecule has 0 radical (unpaired) electrons. The fraction of sp³-hybridized carbons (Fsp3) is 0.923. The fourth-order valence-corrected chi connectivity index (χ4v) is 2.32. The first-order valence-corrected chi connectivity index (χ1v) is 8.15. The normalized spacial score (nSPS) is 16.8. The van der Waals surface area contributed by atoms with Crippen LogP contribution in [-0.4, -0.2) is 82.4 Å². The Morgan fingerprint density at radius 2 is 0.500 bits per heavy atom. The number of carboxylic acids is 1. The van der Waals surface area contributed by atoms with Gasteiger partial charge in [-0.15, -0.1) is 0 Å². The van der Waals surface area contributed by atoms with Gasteiger partial charge in [0, 0.05) is 0 Å². The quantitative estimate of drug-likeness (QED) is 0.244. The zero-order valence-corrected chi connectivity index (χ0v) is 16.8. The molecular formula is C13HF25O2. The Kier molecular flexibility index (Phi) is 8.35. The van der Waals surface area contributed by atoms with Crippen LogP contribution in [0.15, 0.2) is 0 Å². The van der Waals surface area contributed by atoms with E-state index in [4.69, 9.17) is 5.11 Å². The fourth-order valence-electron chi connectivity index (χ4n) is 2.32. The molecule has 0 amide bonds. The molecule has 0 rings (SSSR count). The van der Waals surface area contributed by atoms with Crippen molar-refractivity contribution in [3.8, 4) is 0 Å². The molecule has 0 spiro atoms. The third kappa shape index (κ3) is 4.08. The van der Waals surface area contributed by atoms with Gasteiger partial charge in [-0.25, -0.2) is 9.18 Å². The van der Waals surface area contributed by atoms with E-state index in [0.29, 0.717) is 0 Å². The molecule has 0 aliphatic heterocycles. The molecule has 40 heavy (non-hydrogen) atoms. The second kappa shape index (κ2) is 8.86. The van der Waals surface area contributed by atoms with Crippen molar-refractivity contribution in [3.05, 3.63) is 0 Å². The summed E-state index contributed by atoms with van der Waals surface area (Å²) in [5.41, 5.74) is -9.98. The largest absolute Gasteiger partial charge is 0.477 e. The minimum Gasteiger partial charge on any atom is -0.477 e. The maximum Gasteiger partial charge on any atom is 0.460 e. The average Bonchev–Trinajstić information content (AvgIpc) is 2.69. The Labute approximate surface area is 198 Å². The molecule has 240 valence electrons. The molecule has 0 aromatic heterocycles. The molecule has 1 N–H and O–H groups in total. The number of carbonyl (C=O) groups is 1. The third-order valence-electron chi connectivity index (χ3n) is 4.64. The van der Waals surface area contributed by atoms with Crippen molar-refractivity contribution < 1.29 is 120 Å². The summed E-state index contributed by atoms with van der Waals surface area (Å²) >= 11 is 0. The topological polar surface area (TPSA) is 37.3 Å². The number of carboxylic acid groups (broad SMARTS) is 1. The van der Waals surface area contributed by atoms with E-state index in [2.05, 4.69) is 0 Å². The second-order valence-corrected chi connectivity index (χ2v) is 7.13. The molecule has 0 aromatic rings. The first-order valence-electron chi connectivity index (χ1n) is 8.15. The van der Waals surface area contributed by atoms with Gasteiger partial charge in [0.05, 0.1) is 0 Å². The molecule has 0 atom stereocenters. The van der Waals surface area contributed by atoms with Gasteiger partial charge in [-0.1, -0.05) is 0 Å². The third-order valence-corrected chi connectivity index (χ3v) is 4.64. The standard InChI is InChI=1S/C13HF25O2/c14-2(15,1(39)40)3(16,4(17,18)6(21,22)8(25,26)10(29,30)12(33,34)35)5(19,20)7(23,24)9(27,28)11(31,32)13(36,37)38/h(H,39,40). The van der Waals surface area contributed by atoms with Crippen LogP contribution in [0.25, 0.3) is 0 Å². The van der Waals surface area contributed by atoms with Gasteiger partial charge in [-0.3, -0.25) is 0 Å². The number of halogens is 25. The first-order chi connectivity index (χ1) is 16.7. The summed E-state index contributed by atoms with van der Waals surface area (Å²) in [6.45, 7) is 0. The maximum absolute atomic E-state index is 14.5. The Morgan fingerprint density at radius 1 is 0.325 bits per heavy atom. The van der Waals surface area contributed by atoms with Crippen LogP contribution in [-0.2, 0) is 4.79 Å². The van der Waals surface area contributed by atoms with Gasteiger partial charge in [-0.2, -0.15) is 105 Å². The summed E-state index contributed by atoms with van der Waals surface area (Å²) < 4.78 is 328. The summed E-state index contributed by atoms with van der Waals surface area (Å²) in [4.78, 5) is 10.2. The van der Waals surface area contributed by atoms with Crippen molar-refractivity contribution in [3.63, 3.8) is 0 Å². The highest BCUT2D eigenvalue weighted by molar-refractivity contribution is 5.78. The van der Waals surface area contributed by atoms with E-state index in [1.165, 1.54) is 0 Å². The first kappa shape index (κ1) is 37.7. The van der Waals surface area contributed by atoms with Crippen LogP contribution in [0.3, 0.4) is 0 Å². The van der Waals surface area contributed by atoms with Crippen molar-refractivity contribution in [2.24, 2.45) is 0 Å². The van der Waals surface area contributed by atoms with E-state index >= 15 is 0 Å². The van der Waals surface area contributed by atoms with Gasteiger partial charge in [0.2, 0.25) is 0 Å². The molecule has 0 saturated carbocycles. The molecule has 0 fully saturated rings. The molecule has 0 bridgehead atoms. The van der Waals surface area contributed by atoms with Gasteiger partial charge < -0.3 is 5.11 Å². The molecule has 27 heteroatoms. The summed E-state index contributed by atoms with van der Waals surface area (Å²) in [5, 5.41) is 7.84. The van der Waals surface area contributed by atoms with Gasteiger partial charge >= 0.3 is 77.3 Å². The van der Waals surface area contributed by atoms with E-state index < -0.39 is 77.3 Å². The molecule has 0 heterocycles.